The first-order valence-corrected chi connectivity index (χ1v) is 7.94. The Balaban J connectivity index is 1.83. The lowest BCUT2D eigenvalue weighted by atomic mass is 10.0. The number of fused-ring (bicyclic) bond motifs is 1. The van der Waals surface area contributed by atoms with Crippen molar-refractivity contribution in [3.63, 3.8) is 0 Å². The number of aromatic carboxylic acids is 1. The maximum atomic E-state index is 11.0. The summed E-state index contributed by atoms with van der Waals surface area (Å²) in [5.74, 6) is -0.889. The molecule has 0 saturated carbocycles. The Kier molecular flexibility index (Phi) is 3.36. The molecule has 1 N–H and O–H groups in total. The molecule has 0 aliphatic heterocycles. The first-order chi connectivity index (χ1) is 9.13. The van der Waals surface area contributed by atoms with Crippen LogP contribution in [0.5, 0.6) is 0 Å². The number of nitrogens with zero attached hydrogens (tertiary/aromatic N) is 2. The van der Waals surface area contributed by atoms with Gasteiger partial charge in [-0.05, 0) is 32.6 Å². The molecule has 6 heteroatoms. The fourth-order valence-corrected chi connectivity index (χ4v) is 4.50. The van der Waals surface area contributed by atoms with E-state index in [-0.39, 0.29) is 0 Å². The third-order valence-corrected chi connectivity index (χ3v) is 5.53. The van der Waals surface area contributed by atoms with Gasteiger partial charge in [0, 0.05) is 4.88 Å². The minimum absolute atomic E-state index is 0.344. The van der Waals surface area contributed by atoms with Gasteiger partial charge in [-0.25, -0.2) is 14.8 Å². The molecule has 0 saturated heterocycles. The average molecular weight is 294 g/mol. The van der Waals surface area contributed by atoms with Crippen LogP contribution in [0.1, 0.15) is 48.8 Å². The predicted molar refractivity (Wildman–Crippen MR) is 75.4 cm³/mol. The molecule has 1 aliphatic carbocycles. The van der Waals surface area contributed by atoms with Gasteiger partial charge in [0.2, 0.25) is 0 Å². The van der Waals surface area contributed by atoms with Crippen molar-refractivity contribution in [1.29, 1.82) is 0 Å². The van der Waals surface area contributed by atoms with Crippen LogP contribution in [0.3, 0.4) is 0 Å². The smallest absolute Gasteiger partial charge is 0.347 e. The lowest BCUT2D eigenvalue weighted by Crippen LogP contribution is -1.99. The average Bonchev–Trinajstić information content (AvgIpc) is 2.92. The lowest BCUT2D eigenvalue weighted by Gasteiger charge is -2.06. The minimum Gasteiger partial charge on any atom is -0.477 e. The number of aryl methyl sites for hydroxylation is 3. The molecule has 100 valence electrons. The number of hydrogen-bond acceptors (Lipinski definition) is 5. The van der Waals surface area contributed by atoms with Crippen molar-refractivity contribution in [2.45, 2.75) is 39.0 Å². The molecule has 0 atom stereocenters. The Hall–Kier alpha value is -1.27. The zero-order valence-electron chi connectivity index (χ0n) is 10.6. The highest BCUT2D eigenvalue weighted by Crippen LogP contribution is 2.29. The monoisotopic (exact) mass is 294 g/mol. The number of aromatic nitrogens is 2. The van der Waals surface area contributed by atoms with Crippen LogP contribution in [-0.2, 0) is 19.3 Å². The van der Waals surface area contributed by atoms with Crippen molar-refractivity contribution in [1.82, 2.24) is 9.97 Å². The second-order valence-corrected chi connectivity index (χ2v) is 6.94. The van der Waals surface area contributed by atoms with Crippen LogP contribution in [0.25, 0.3) is 0 Å². The molecule has 0 amide bonds. The van der Waals surface area contributed by atoms with Crippen LogP contribution in [0, 0.1) is 6.92 Å². The fourth-order valence-electron chi connectivity index (χ4n) is 2.34. The van der Waals surface area contributed by atoms with Crippen LogP contribution in [0.2, 0.25) is 0 Å². The van der Waals surface area contributed by atoms with Crippen LogP contribution in [0.4, 0.5) is 0 Å². The molecular weight excluding hydrogens is 280 g/mol. The SMILES string of the molecule is Cc1nc(Cc2nc3c(s2)CCCC3)sc1C(=O)O. The maximum absolute atomic E-state index is 11.0. The normalized spacial score (nSPS) is 14.4. The van der Waals surface area contributed by atoms with Crippen molar-refractivity contribution in [2.24, 2.45) is 0 Å². The Bertz CT molecular complexity index is 607. The van der Waals surface area contributed by atoms with Gasteiger partial charge in [-0.1, -0.05) is 0 Å². The van der Waals surface area contributed by atoms with E-state index in [0.29, 0.717) is 17.0 Å². The van der Waals surface area contributed by atoms with E-state index in [1.165, 1.54) is 34.7 Å². The number of thiazole rings is 2. The van der Waals surface area contributed by atoms with Gasteiger partial charge in [-0.15, -0.1) is 22.7 Å². The zero-order chi connectivity index (χ0) is 13.4. The van der Waals surface area contributed by atoms with Gasteiger partial charge in [0.05, 0.1) is 22.8 Å². The summed E-state index contributed by atoms with van der Waals surface area (Å²) < 4.78 is 0. The van der Waals surface area contributed by atoms with Crippen LogP contribution < -0.4 is 0 Å². The van der Waals surface area contributed by atoms with Crippen molar-refractivity contribution in [3.05, 3.63) is 31.2 Å². The summed E-state index contributed by atoms with van der Waals surface area (Å²) in [4.78, 5) is 21.8. The van der Waals surface area contributed by atoms with E-state index in [0.717, 1.165) is 22.9 Å². The van der Waals surface area contributed by atoms with E-state index in [9.17, 15) is 4.79 Å². The third kappa shape index (κ3) is 2.55. The molecule has 4 nitrogen and oxygen atoms in total. The van der Waals surface area contributed by atoms with Crippen molar-refractivity contribution < 1.29 is 9.90 Å². The molecule has 2 aromatic heterocycles. The first kappa shape index (κ1) is 12.7. The molecule has 2 aromatic rings. The van der Waals surface area contributed by atoms with E-state index in [4.69, 9.17) is 5.11 Å². The van der Waals surface area contributed by atoms with Gasteiger partial charge in [0.25, 0.3) is 0 Å². The Morgan fingerprint density at radius 1 is 1.21 bits per heavy atom. The molecule has 0 fully saturated rings. The number of carboxylic acid groups (broad SMARTS) is 1. The summed E-state index contributed by atoms with van der Waals surface area (Å²) in [6.07, 6.45) is 5.38. The van der Waals surface area contributed by atoms with E-state index >= 15 is 0 Å². The molecule has 2 heterocycles. The second kappa shape index (κ2) is 5.02. The molecule has 0 radical (unpaired) electrons. The van der Waals surface area contributed by atoms with Crippen molar-refractivity contribution >= 4 is 28.6 Å². The van der Waals surface area contributed by atoms with E-state index in [1.807, 2.05) is 0 Å². The molecule has 0 unspecified atom stereocenters. The molecule has 1 aliphatic rings. The molecule has 0 aromatic carbocycles. The van der Waals surface area contributed by atoms with E-state index in [2.05, 4.69) is 9.97 Å². The van der Waals surface area contributed by atoms with Crippen LogP contribution in [0.15, 0.2) is 0 Å². The molecule has 3 rings (SSSR count). The topological polar surface area (TPSA) is 63.1 Å². The van der Waals surface area contributed by atoms with Crippen LogP contribution in [-0.4, -0.2) is 21.0 Å². The van der Waals surface area contributed by atoms with Gasteiger partial charge in [0.1, 0.15) is 9.88 Å². The second-order valence-electron chi connectivity index (χ2n) is 4.69. The number of carboxylic acids is 1. The number of hydrogen-bond donors (Lipinski definition) is 1. The number of carbonyl (C=O) groups is 1. The van der Waals surface area contributed by atoms with Gasteiger partial charge in [-0.3, -0.25) is 0 Å². The summed E-state index contributed by atoms with van der Waals surface area (Å²) in [5, 5.41) is 11.0. The zero-order valence-corrected chi connectivity index (χ0v) is 12.2. The highest BCUT2D eigenvalue weighted by atomic mass is 32.1. The van der Waals surface area contributed by atoms with Gasteiger partial charge < -0.3 is 5.11 Å². The molecule has 19 heavy (non-hydrogen) atoms. The van der Waals surface area contributed by atoms with Gasteiger partial charge >= 0.3 is 5.97 Å². The molecule has 0 spiro atoms. The first-order valence-electron chi connectivity index (χ1n) is 6.30. The third-order valence-electron chi connectivity index (χ3n) is 3.23. The Morgan fingerprint density at radius 3 is 2.63 bits per heavy atom. The van der Waals surface area contributed by atoms with Gasteiger partial charge in [-0.2, -0.15) is 0 Å². The molecular formula is C13H14N2O2S2. The largest absolute Gasteiger partial charge is 0.477 e. The van der Waals surface area contributed by atoms with Crippen molar-refractivity contribution in [2.75, 3.05) is 0 Å². The maximum Gasteiger partial charge on any atom is 0.347 e. The number of rotatable bonds is 3. The Labute approximate surface area is 119 Å². The highest BCUT2D eigenvalue weighted by molar-refractivity contribution is 7.14. The van der Waals surface area contributed by atoms with Crippen LogP contribution >= 0.6 is 22.7 Å². The predicted octanol–water partition coefficient (Wildman–Crippen LogP) is 3.08. The highest BCUT2D eigenvalue weighted by Gasteiger charge is 2.18. The summed E-state index contributed by atoms with van der Waals surface area (Å²) in [7, 11) is 0. The quantitative estimate of drug-likeness (QED) is 0.945. The standard InChI is InChI=1S/C13H14N2O2S2/c1-7-12(13(16)17)19-10(14-7)6-11-15-8-4-2-3-5-9(8)18-11/h2-6H2,1H3,(H,16,17). The Morgan fingerprint density at radius 2 is 1.95 bits per heavy atom. The summed E-state index contributed by atoms with van der Waals surface area (Å²) >= 11 is 3.03. The van der Waals surface area contributed by atoms with Gasteiger partial charge in [0.15, 0.2) is 0 Å². The fraction of sp³-hybridized carbons (Fsp3) is 0.462. The summed E-state index contributed by atoms with van der Waals surface area (Å²) in [6, 6.07) is 0. The van der Waals surface area contributed by atoms with E-state index in [1.54, 1.807) is 18.3 Å². The summed E-state index contributed by atoms with van der Waals surface area (Å²) in [5.41, 5.74) is 1.85. The minimum atomic E-state index is -0.889. The molecule has 0 bridgehead atoms. The lowest BCUT2D eigenvalue weighted by molar-refractivity contribution is 0.0701. The van der Waals surface area contributed by atoms with Crippen molar-refractivity contribution in [3.8, 4) is 0 Å². The van der Waals surface area contributed by atoms with E-state index < -0.39 is 5.97 Å². The summed E-state index contributed by atoms with van der Waals surface area (Å²) in [6.45, 7) is 1.75.